The van der Waals surface area contributed by atoms with Gasteiger partial charge in [0.15, 0.2) is 0 Å². The Morgan fingerprint density at radius 1 is 1.24 bits per heavy atom. The summed E-state index contributed by atoms with van der Waals surface area (Å²) >= 11 is 0. The van der Waals surface area contributed by atoms with Crippen molar-refractivity contribution in [1.29, 1.82) is 0 Å². The number of benzene rings is 1. The van der Waals surface area contributed by atoms with Crippen LogP contribution in [0.25, 0.3) is 0 Å². The van der Waals surface area contributed by atoms with E-state index in [2.05, 4.69) is 34.7 Å². The van der Waals surface area contributed by atoms with Crippen molar-refractivity contribution in [3.05, 3.63) is 35.9 Å². The average Bonchev–Trinajstić information content (AvgIpc) is 2.97. The van der Waals surface area contributed by atoms with Crippen LogP contribution in [0.2, 0.25) is 0 Å². The smallest absolute Gasteiger partial charge is 0.0773 e. The van der Waals surface area contributed by atoms with E-state index in [0.29, 0.717) is 17.9 Å². The molecule has 2 aliphatic rings. The van der Waals surface area contributed by atoms with Gasteiger partial charge in [-0.15, -0.1) is 0 Å². The zero-order valence-corrected chi connectivity index (χ0v) is 9.84. The Balaban J connectivity index is 1.66. The highest BCUT2D eigenvalue weighted by atomic mass is 16.4. The molecule has 0 radical (unpaired) electrons. The molecule has 0 amide bonds. The third-order valence-corrected chi connectivity index (χ3v) is 4.17. The summed E-state index contributed by atoms with van der Waals surface area (Å²) in [4.78, 5) is 0. The SMILES string of the molecule is O/N=C1\[C@H]2CC[C@@H](C2)[C@H]1NCc1ccccc1. The lowest BCUT2D eigenvalue weighted by Gasteiger charge is -2.23. The Morgan fingerprint density at radius 3 is 2.82 bits per heavy atom. The molecule has 0 spiro atoms. The van der Waals surface area contributed by atoms with Gasteiger partial charge >= 0.3 is 0 Å². The maximum Gasteiger partial charge on any atom is 0.0773 e. The molecular weight excluding hydrogens is 212 g/mol. The van der Waals surface area contributed by atoms with Crippen molar-refractivity contribution in [2.45, 2.75) is 31.8 Å². The fourth-order valence-corrected chi connectivity index (χ4v) is 3.32. The summed E-state index contributed by atoms with van der Waals surface area (Å²) in [7, 11) is 0. The molecule has 0 aliphatic heterocycles. The fourth-order valence-electron chi connectivity index (χ4n) is 3.32. The van der Waals surface area contributed by atoms with Gasteiger partial charge in [0, 0.05) is 12.5 Å². The molecule has 2 N–H and O–H groups in total. The van der Waals surface area contributed by atoms with E-state index in [-0.39, 0.29) is 0 Å². The molecule has 3 nitrogen and oxygen atoms in total. The van der Waals surface area contributed by atoms with Gasteiger partial charge in [-0.2, -0.15) is 0 Å². The Morgan fingerprint density at radius 2 is 2.06 bits per heavy atom. The molecule has 0 saturated heterocycles. The van der Waals surface area contributed by atoms with Crippen molar-refractivity contribution in [2.75, 3.05) is 0 Å². The summed E-state index contributed by atoms with van der Waals surface area (Å²) in [5, 5.41) is 16.2. The number of hydrogen-bond donors (Lipinski definition) is 2. The maximum atomic E-state index is 9.10. The predicted molar refractivity (Wildman–Crippen MR) is 67.1 cm³/mol. The number of hydrogen-bond acceptors (Lipinski definition) is 3. The minimum atomic E-state index is 0.291. The summed E-state index contributed by atoms with van der Waals surface area (Å²) in [6.07, 6.45) is 3.68. The second kappa shape index (κ2) is 4.49. The summed E-state index contributed by atoms with van der Waals surface area (Å²) in [5.74, 6) is 1.20. The van der Waals surface area contributed by atoms with Gasteiger partial charge in [0.2, 0.25) is 0 Å². The van der Waals surface area contributed by atoms with Crippen LogP contribution in [0.15, 0.2) is 35.5 Å². The van der Waals surface area contributed by atoms with Crippen LogP contribution in [0, 0.1) is 11.8 Å². The first kappa shape index (κ1) is 10.8. The van der Waals surface area contributed by atoms with Crippen LogP contribution in [0.3, 0.4) is 0 Å². The Hall–Kier alpha value is -1.35. The monoisotopic (exact) mass is 230 g/mol. The van der Waals surface area contributed by atoms with E-state index in [1.54, 1.807) is 0 Å². The van der Waals surface area contributed by atoms with Crippen molar-refractivity contribution >= 4 is 5.71 Å². The number of oxime groups is 1. The molecule has 17 heavy (non-hydrogen) atoms. The molecule has 3 rings (SSSR count). The molecule has 1 aromatic carbocycles. The molecule has 0 heterocycles. The summed E-state index contributed by atoms with van der Waals surface area (Å²) in [6, 6.07) is 10.7. The molecule has 0 unspecified atom stereocenters. The van der Waals surface area contributed by atoms with Crippen LogP contribution in [-0.4, -0.2) is 17.0 Å². The van der Waals surface area contributed by atoms with E-state index in [0.717, 1.165) is 12.3 Å². The molecule has 0 aromatic heterocycles. The minimum absolute atomic E-state index is 0.291. The summed E-state index contributed by atoms with van der Waals surface area (Å²) in [5.41, 5.74) is 2.27. The standard InChI is InChI=1S/C14H18N2O/c17-16-14-12-7-6-11(8-12)13(14)15-9-10-4-2-1-3-5-10/h1-5,11-13,15,17H,6-9H2/b16-14+/t11-,12-,13+/m0/s1. The maximum absolute atomic E-state index is 9.10. The lowest BCUT2D eigenvalue weighted by atomic mass is 9.93. The molecule has 90 valence electrons. The Bertz CT molecular complexity index is 415. The molecule has 2 fully saturated rings. The van der Waals surface area contributed by atoms with Gasteiger partial charge in [-0.3, -0.25) is 0 Å². The van der Waals surface area contributed by atoms with Crippen molar-refractivity contribution in [3.8, 4) is 0 Å². The number of fused-ring (bicyclic) bond motifs is 2. The van der Waals surface area contributed by atoms with Gasteiger partial charge in [-0.25, -0.2) is 0 Å². The van der Waals surface area contributed by atoms with E-state index in [1.165, 1.54) is 24.8 Å². The highest BCUT2D eigenvalue weighted by molar-refractivity contribution is 5.94. The topological polar surface area (TPSA) is 44.6 Å². The summed E-state index contributed by atoms with van der Waals surface area (Å²) in [6.45, 7) is 0.855. The lowest BCUT2D eigenvalue weighted by molar-refractivity contribution is 0.309. The quantitative estimate of drug-likeness (QED) is 0.618. The first-order valence-corrected chi connectivity index (χ1v) is 6.37. The van der Waals surface area contributed by atoms with Gasteiger partial charge in [-0.05, 0) is 30.7 Å². The van der Waals surface area contributed by atoms with Crippen LogP contribution in [0.5, 0.6) is 0 Å². The largest absolute Gasteiger partial charge is 0.411 e. The van der Waals surface area contributed by atoms with E-state index in [1.807, 2.05) is 6.07 Å². The van der Waals surface area contributed by atoms with Crippen LogP contribution >= 0.6 is 0 Å². The minimum Gasteiger partial charge on any atom is -0.411 e. The number of nitrogens with zero attached hydrogens (tertiary/aromatic N) is 1. The molecule has 2 aliphatic carbocycles. The van der Waals surface area contributed by atoms with Crippen LogP contribution < -0.4 is 5.32 Å². The van der Waals surface area contributed by atoms with Crippen molar-refractivity contribution in [2.24, 2.45) is 17.0 Å². The van der Waals surface area contributed by atoms with E-state index < -0.39 is 0 Å². The zero-order valence-electron chi connectivity index (χ0n) is 9.84. The molecule has 3 heteroatoms. The normalized spacial score (nSPS) is 33.4. The van der Waals surface area contributed by atoms with E-state index in [4.69, 9.17) is 5.21 Å². The molecule has 1 aromatic rings. The molecular formula is C14H18N2O. The van der Waals surface area contributed by atoms with Crippen molar-refractivity contribution in [3.63, 3.8) is 0 Å². The lowest BCUT2D eigenvalue weighted by Crippen LogP contribution is -2.40. The highest BCUT2D eigenvalue weighted by Crippen LogP contribution is 2.42. The van der Waals surface area contributed by atoms with Crippen molar-refractivity contribution < 1.29 is 5.21 Å². The van der Waals surface area contributed by atoms with Gasteiger partial charge in [0.05, 0.1) is 11.8 Å². The Kier molecular flexibility index (Phi) is 2.85. The van der Waals surface area contributed by atoms with E-state index >= 15 is 0 Å². The predicted octanol–water partition coefficient (Wildman–Crippen LogP) is 2.40. The zero-order chi connectivity index (χ0) is 11.7. The van der Waals surface area contributed by atoms with Crippen molar-refractivity contribution in [1.82, 2.24) is 5.32 Å². The third-order valence-electron chi connectivity index (χ3n) is 4.17. The second-order valence-electron chi connectivity index (χ2n) is 5.14. The highest BCUT2D eigenvalue weighted by Gasteiger charge is 2.45. The van der Waals surface area contributed by atoms with Crippen LogP contribution in [-0.2, 0) is 6.54 Å². The first-order valence-electron chi connectivity index (χ1n) is 6.37. The average molecular weight is 230 g/mol. The first-order chi connectivity index (χ1) is 8.38. The molecule has 3 atom stereocenters. The number of rotatable bonds is 3. The third kappa shape index (κ3) is 1.95. The van der Waals surface area contributed by atoms with E-state index in [9.17, 15) is 0 Å². The van der Waals surface area contributed by atoms with Crippen LogP contribution in [0.1, 0.15) is 24.8 Å². The number of nitrogens with one attached hydrogen (secondary N) is 1. The van der Waals surface area contributed by atoms with Gasteiger partial charge in [0.1, 0.15) is 0 Å². The van der Waals surface area contributed by atoms with Gasteiger partial charge < -0.3 is 10.5 Å². The molecule has 2 saturated carbocycles. The second-order valence-corrected chi connectivity index (χ2v) is 5.14. The summed E-state index contributed by atoms with van der Waals surface area (Å²) < 4.78 is 0. The Labute approximate surface area is 102 Å². The fraction of sp³-hybridized carbons (Fsp3) is 0.500. The van der Waals surface area contributed by atoms with Gasteiger partial charge in [-0.1, -0.05) is 35.5 Å². The van der Waals surface area contributed by atoms with Crippen LogP contribution in [0.4, 0.5) is 0 Å². The molecule has 2 bridgehead atoms. The van der Waals surface area contributed by atoms with Gasteiger partial charge in [0.25, 0.3) is 0 Å².